The predicted octanol–water partition coefficient (Wildman–Crippen LogP) is 3.73. The summed E-state index contributed by atoms with van der Waals surface area (Å²) in [7, 11) is 0. The van der Waals surface area contributed by atoms with Crippen LogP contribution in [-0.4, -0.2) is 11.3 Å². The Bertz CT molecular complexity index is 323. The standard InChI is InChI=1S/C12H18ClNS/c1-8(2)15-12-10(7-9(3)14)5-4-6-11(12)13/h4-6,8-9H,7,14H2,1-3H3. The molecule has 0 saturated heterocycles. The summed E-state index contributed by atoms with van der Waals surface area (Å²) in [6, 6.07) is 6.22. The molecule has 3 heteroatoms. The summed E-state index contributed by atoms with van der Waals surface area (Å²) in [5.74, 6) is 0. The van der Waals surface area contributed by atoms with Crippen LogP contribution in [0.3, 0.4) is 0 Å². The van der Waals surface area contributed by atoms with Crippen molar-refractivity contribution in [1.29, 1.82) is 0 Å². The van der Waals surface area contributed by atoms with Crippen LogP contribution in [0.15, 0.2) is 23.1 Å². The normalized spacial score (nSPS) is 13.2. The third-order valence-corrected chi connectivity index (χ3v) is 3.56. The molecule has 1 aromatic rings. The molecule has 1 aromatic carbocycles. The van der Waals surface area contributed by atoms with Gasteiger partial charge in [-0.1, -0.05) is 37.6 Å². The van der Waals surface area contributed by atoms with E-state index in [1.165, 1.54) is 10.5 Å². The first-order valence-corrected chi connectivity index (χ1v) is 6.46. The molecule has 0 aromatic heterocycles. The van der Waals surface area contributed by atoms with Gasteiger partial charge in [-0.2, -0.15) is 0 Å². The van der Waals surface area contributed by atoms with Gasteiger partial charge in [-0.3, -0.25) is 0 Å². The van der Waals surface area contributed by atoms with Crippen molar-refractivity contribution >= 4 is 23.4 Å². The van der Waals surface area contributed by atoms with Crippen molar-refractivity contribution < 1.29 is 0 Å². The summed E-state index contributed by atoms with van der Waals surface area (Å²) >= 11 is 8.00. The first kappa shape index (κ1) is 12.9. The molecule has 1 atom stereocenters. The van der Waals surface area contributed by atoms with Gasteiger partial charge in [0.2, 0.25) is 0 Å². The maximum atomic E-state index is 6.20. The largest absolute Gasteiger partial charge is 0.328 e. The molecule has 0 bridgehead atoms. The van der Waals surface area contributed by atoms with Crippen LogP contribution < -0.4 is 5.73 Å². The number of hydrogen-bond acceptors (Lipinski definition) is 2. The van der Waals surface area contributed by atoms with E-state index in [1.807, 2.05) is 19.1 Å². The molecule has 15 heavy (non-hydrogen) atoms. The Morgan fingerprint density at radius 1 is 1.33 bits per heavy atom. The SMILES string of the molecule is CC(N)Cc1cccc(Cl)c1SC(C)C. The van der Waals surface area contributed by atoms with Gasteiger partial charge in [-0.15, -0.1) is 11.8 Å². The topological polar surface area (TPSA) is 26.0 Å². The van der Waals surface area contributed by atoms with Crippen LogP contribution in [0, 0.1) is 0 Å². The van der Waals surface area contributed by atoms with Crippen molar-refractivity contribution in [3.8, 4) is 0 Å². The van der Waals surface area contributed by atoms with Crippen molar-refractivity contribution in [2.45, 2.75) is 43.4 Å². The van der Waals surface area contributed by atoms with Gasteiger partial charge < -0.3 is 5.73 Å². The summed E-state index contributed by atoms with van der Waals surface area (Å²) in [5.41, 5.74) is 7.08. The van der Waals surface area contributed by atoms with Gasteiger partial charge in [0.05, 0.1) is 5.02 Å². The van der Waals surface area contributed by atoms with E-state index < -0.39 is 0 Å². The highest BCUT2D eigenvalue weighted by Gasteiger charge is 2.10. The van der Waals surface area contributed by atoms with Gasteiger partial charge in [0.1, 0.15) is 0 Å². The first-order chi connectivity index (χ1) is 7.00. The fraction of sp³-hybridized carbons (Fsp3) is 0.500. The highest BCUT2D eigenvalue weighted by Crippen LogP contribution is 2.33. The summed E-state index contributed by atoms with van der Waals surface area (Å²) in [5, 5.41) is 1.38. The third kappa shape index (κ3) is 4.06. The molecule has 0 radical (unpaired) electrons. The molecule has 84 valence electrons. The molecule has 1 rings (SSSR count). The molecule has 0 aliphatic heterocycles. The first-order valence-electron chi connectivity index (χ1n) is 5.20. The lowest BCUT2D eigenvalue weighted by Gasteiger charge is -2.14. The van der Waals surface area contributed by atoms with E-state index in [4.69, 9.17) is 17.3 Å². The number of halogens is 1. The molecule has 0 heterocycles. The molecule has 0 aliphatic rings. The zero-order valence-electron chi connectivity index (χ0n) is 9.46. The maximum absolute atomic E-state index is 6.20. The van der Waals surface area contributed by atoms with Gasteiger partial charge in [0, 0.05) is 16.2 Å². The van der Waals surface area contributed by atoms with E-state index in [0.717, 1.165) is 11.4 Å². The Morgan fingerprint density at radius 3 is 2.53 bits per heavy atom. The van der Waals surface area contributed by atoms with Crippen molar-refractivity contribution in [2.24, 2.45) is 5.73 Å². The van der Waals surface area contributed by atoms with Crippen LogP contribution in [0.2, 0.25) is 5.02 Å². The van der Waals surface area contributed by atoms with Gasteiger partial charge in [-0.05, 0) is 25.0 Å². The minimum absolute atomic E-state index is 0.176. The highest BCUT2D eigenvalue weighted by molar-refractivity contribution is 8.00. The predicted molar refractivity (Wildman–Crippen MR) is 69.8 cm³/mol. The second-order valence-corrected chi connectivity index (χ2v) is 6.07. The number of hydrogen-bond donors (Lipinski definition) is 1. The molecule has 0 amide bonds. The van der Waals surface area contributed by atoms with Crippen LogP contribution >= 0.6 is 23.4 Å². The van der Waals surface area contributed by atoms with Crippen molar-refractivity contribution in [2.75, 3.05) is 0 Å². The van der Waals surface area contributed by atoms with Gasteiger partial charge in [0.25, 0.3) is 0 Å². The Hall–Kier alpha value is -0.180. The second kappa shape index (κ2) is 5.78. The second-order valence-electron chi connectivity index (χ2n) is 4.08. The average molecular weight is 244 g/mol. The Kier molecular flexibility index (Phi) is 4.97. The Balaban J connectivity index is 2.97. The molecule has 0 spiro atoms. The summed E-state index contributed by atoms with van der Waals surface area (Å²) in [6.45, 7) is 6.36. The van der Waals surface area contributed by atoms with Crippen molar-refractivity contribution in [1.82, 2.24) is 0 Å². The molecular weight excluding hydrogens is 226 g/mol. The monoisotopic (exact) mass is 243 g/mol. The molecule has 0 fully saturated rings. The van der Waals surface area contributed by atoms with Gasteiger partial charge in [0.15, 0.2) is 0 Å². The fourth-order valence-electron chi connectivity index (χ4n) is 1.43. The Morgan fingerprint density at radius 2 is 2.00 bits per heavy atom. The smallest absolute Gasteiger partial charge is 0.0544 e. The van der Waals surface area contributed by atoms with E-state index in [0.29, 0.717) is 5.25 Å². The molecule has 0 saturated carbocycles. The summed E-state index contributed by atoms with van der Waals surface area (Å²) in [4.78, 5) is 1.19. The zero-order chi connectivity index (χ0) is 11.4. The molecule has 1 unspecified atom stereocenters. The Labute approximate surface area is 101 Å². The third-order valence-electron chi connectivity index (χ3n) is 1.94. The fourth-order valence-corrected chi connectivity index (χ4v) is 2.71. The number of thioether (sulfide) groups is 1. The minimum Gasteiger partial charge on any atom is -0.328 e. The number of rotatable bonds is 4. The van der Waals surface area contributed by atoms with Crippen LogP contribution in [0.5, 0.6) is 0 Å². The van der Waals surface area contributed by atoms with E-state index in [1.54, 1.807) is 11.8 Å². The van der Waals surface area contributed by atoms with Crippen LogP contribution in [0.1, 0.15) is 26.3 Å². The lowest BCUT2D eigenvalue weighted by atomic mass is 10.1. The highest BCUT2D eigenvalue weighted by atomic mass is 35.5. The van der Waals surface area contributed by atoms with Gasteiger partial charge in [-0.25, -0.2) is 0 Å². The van der Waals surface area contributed by atoms with Gasteiger partial charge >= 0.3 is 0 Å². The van der Waals surface area contributed by atoms with E-state index in [-0.39, 0.29) is 6.04 Å². The minimum atomic E-state index is 0.176. The summed E-state index contributed by atoms with van der Waals surface area (Å²) < 4.78 is 0. The van der Waals surface area contributed by atoms with Crippen molar-refractivity contribution in [3.05, 3.63) is 28.8 Å². The molecular formula is C12H18ClNS. The van der Waals surface area contributed by atoms with Crippen LogP contribution in [-0.2, 0) is 6.42 Å². The quantitative estimate of drug-likeness (QED) is 0.816. The van der Waals surface area contributed by atoms with E-state index in [2.05, 4.69) is 19.9 Å². The van der Waals surface area contributed by atoms with E-state index >= 15 is 0 Å². The van der Waals surface area contributed by atoms with Crippen LogP contribution in [0.25, 0.3) is 0 Å². The van der Waals surface area contributed by atoms with Crippen LogP contribution in [0.4, 0.5) is 0 Å². The average Bonchev–Trinajstić information content (AvgIpc) is 2.09. The lowest BCUT2D eigenvalue weighted by molar-refractivity contribution is 0.729. The maximum Gasteiger partial charge on any atom is 0.0544 e. The molecule has 2 N–H and O–H groups in total. The summed E-state index contributed by atoms with van der Waals surface area (Å²) in [6.07, 6.45) is 0.885. The number of nitrogens with two attached hydrogens (primary N) is 1. The molecule has 0 aliphatic carbocycles. The zero-order valence-corrected chi connectivity index (χ0v) is 11.0. The van der Waals surface area contributed by atoms with Crippen molar-refractivity contribution in [3.63, 3.8) is 0 Å². The number of benzene rings is 1. The lowest BCUT2D eigenvalue weighted by Crippen LogP contribution is -2.18. The molecule has 1 nitrogen and oxygen atoms in total. The van der Waals surface area contributed by atoms with E-state index in [9.17, 15) is 0 Å².